The number of aromatic nitrogens is 1. The number of hydrogen-bond donors (Lipinski definition) is 0. The molecule has 0 amide bonds. The maximum atomic E-state index is 13.3. The minimum absolute atomic E-state index is 0.200. The summed E-state index contributed by atoms with van der Waals surface area (Å²) in [6.45, 7) is 3.80. The maximum Gasteiger partial charge on any atom is 0.339 e. The van der Waals surface area contributed by atoms with Crippen molar-refractivity contribution in [3.63, 3.8) is 0 Å². The van der Waals surface area contributed by atoms with Crippen LogP contribution in [0.25, 0.3) is 22.2 Å². The molecule has 0 saturated heterocycles. The highest BCUT2D eigenvalue weighted by molar-refractivity contribution is 6.07. The topological polar surface area (TPSA) is 56.3 Å². The Balaban J connectivity index is 1.74. The van der Waals surface area contributed by atoms with Crippen molar-refractivity contribution in [2.45, 2.75) is 26.4 Å². The third-order valence-corrected chi connectivity index (χ3v) is 5.30. The van der Waals surface area contributed by atoms with Gasteiger partial charge in [-0.2, -0.15) is 0 Å². The largest absolute Gasteiger partial charge is 0.450 e. The Morgan fingerprint density at radius 3 is 2.26 bits per heavy atom. The van der Waals surface area contributed by atoms with Gasteiger partial charge in [-0.05, 0) is 25.0 Å². The van der Waals surface area contributed by atoms with Crippen LogP contribution in [0.1, 0.15) is 39.6 Å². The van der Waals surface area contributed by atoms with E-state index in [4.69, 9.17) is 9.72 Å². The number of esters is 1. The number of fused-ring (bicyclic) bond motifs is 1. The Morgan fingerprint density at radius 2 is 1.58 bits per heavy atom. The van der Waals surface area contributed by atoms with Crippen molar-refractivity contribution in [2.75, 3.05) is 0 Å². The zero-order valence-electron chi connectivity index (χ0n) is 17.5. The number of Topliss-reactive ketones (excluding diaryl/α,β-unsaturated/α-hetero) is 1. The van der Waals surface area contributed by atoms with Gasteiger partial charge in [-0.15, -0.1) is 0 Å². The van der Waals surface area contributed by atoms with Crippen LogP contribution in [0.3, 0.4) is 0 Å². The van der Waals surface area contributed by atoms with Crippen LogP contribution in [0, 0.1) is 6.92 Å². The highest BCUT2D eigenvalue weighted by Crippen LogP contribution is 2.28. The normalized spacial score (nSPS) is 11.8. The molecule has 0 spiro atoms. The van der Waals surface area contributed by atoms with E-state index in [1.165, 1.54) is 0 Å². The Morgan fingerprint density at radius 1 is 0.903 bits per heavy atom. The van der Waals surface area contributed by atoms with Gasteiger partial charge in [0.25, 0.3) is 0 Å². The standard InChI is InChI=1S/C27H23NO3/c1-3-24(26(29)20-14-8-5-9-15-20)31-27(30)22-17-23(19-12-6-4-7-13-19)28-25-18(2)11-10-16-21(22)25/h4-17,24H,3H2,1-2H3/t24-/m0/s1. The van der Waals surface area contributed by atoms with Crippen LogP contribution in [0.15, 0.2) is 84.9 Å². The lowest BCUT2D eigenvalue weighted by Crippen LogP contribution is -2.27. The summed E-state index contributed by atoms with van der Waals surface area (Å²) in [7, 11) is 0. The van der Waals surface area contributed by atoms with Gasteiger partial charge in [0, 0.05) is 16.5 Å². The molecule has 1 aromatic heterocycles. The van der Waals surface area contributed by atoms with Crippen molar-refractivity contribution >= 4 is 22.7 Å². The smallest absolute Gasteiger partial charge is 0.339 e. The predicted octanol–water partition coefficient (Wildman–Crippen LogP) is 6.03. The summed E-state index contributed by atoms with van der Waals surface area (Å²) in [6.07, 6.45) is -0.448. The third kappa shape index (κ3) is 4.24. The Hall–Kier alpha value is -3.79. The molecule has 0 aliphatic carbocycles. The predicted molar refractivity (Wildman–Crippen MR) is 122 cm³/mol. The zero-order valence-corrected chi connectivity index (χ0v) is 17.5. The maximum absolute atomic E-state index is 13.3. The summed E-state index contributed by atoms with van der Waals surface area (Å²) in [6, 6.07) is 26.1. The van der Waals surface area contributed by atoms with E-state index in [0.29, 0.717) is 28.6 Å². The second kappa shape index (κ2) is 8.92. The van der Waals surface area contributed by atoms with Gasteiger partial charge in [-0.25, -0.2) is 9.78 Å². The summed E-state index contributed by atoms with van der Waals surface area (Å²) in [4.78, 5) is 30.9. The SMILES string of the molecule is CC[C@H](OC(=O)c1cc(-c2ccccc2)nc2c(C)cccc12)C(=O)c1ccccc1. The van der Waals surface area contributed by atoms with Crippen LogP contribution in [0.5, 0.6) is 0 Å². The average molecular weight is 409 g/mol. The van der Waals surface area contributed by atoms with Crippen molar-refractivity contribution in [3.05, 3.63) is 102 Å². The van der Waals surface area contributed by atoms with E-state index in [0.717, 1.165) is 16.6 Å². The third-order valence-electron chi connectivity index (χ3n) is 5.30. The lowest BCUT2D eigenvalue weighted by Gasteiger charge is -2.17. The van der Waals surface area contributed by atoms with E-state index >= 15 is 0 Å². The van der Waals surface area contributed by atoms with Crippen molar-refractivity contribution in [3.8, 4) is 11.3 Å². The number of para-hydroxylation sites is 1. The molecule has 1 heterocycles. The lowest BCUT2D eigenvalue weighted by molar-refractivity contribution is 0.0279. The van der Waals surface area contributed by atoms with Crippen molar-refractivity contribution in [1.82, 2.24) is 4.98 Å². The number of hydrogen-bond acceptors (Lipinski definition) is 4. The fourth-order valence-electron chi connectivity index (χ4n) is 3.62. The number of carbonyl (C=O) groups excluding carboxylic acids is 2. The first-order chi connectivity index (χ1) is 15.1. The minimum atomic E-state index is -0.844. The van der Waals surface area contributed by atoms with E-state index in [1.54, 1.807) is 30.3 Å². The van der Waals surface area contributed by atoms with E-state index in [1.807, 2.05) is 68.4 Å². The number of rotatable bonds is 6. The van der Waals surface area contributed by atoms with Crippen LogP contribution >= 0.6 is 0 Å². The first-order valence-corrected chi connectivity index (χ1v) is 10.3. The molecular formula is C27H23NO3. The van der Waals surface area contributed by atoms with Crippen LogP contribution in [0.2, 0.25) is 0 Å². The van der Waals surface area contributed by atoms with Gasteiger partial charge in [0.05, 0.1) is 16.8 Å². The Labute approximate surface area is 181 Å². The fraction of sp³-hybridized carbons (Fsp3) is 0.148. The lowest BCUT2D eigenvalue weighted by atomic mass is 10.0. The number of nitrogens with zero attached hydrogens (tertiary/aromatic N) is 1. The molecule has 31 heavy (non-hydrogen) atoms. The van der Waals surface area contributed by atoms with E-state index in [9.17, 15) is 9.59 Å². The Bertz CT molecular complexity index is 1230. The van der Waals surface area contributed by atoms with Crippen LogP contribution in [0.4, 0.5) is 0 Å². The van der Waals surface area contributed by atoms with Crippen molar-refractivity contribution in [2.24, 2.45) is 0 Å². The van der Waals surface area contributed by atoms with Gasteiger partial charge in [0.2, 0.25) is 5.78 Å². The molecule has 4 aromatic rings. The van der Waals surface area contributed by atoms with Gasteiger partial charge in [0.15, 0.2) is 6.10 Å². The molecule has 0 aliphatic rings. The number of ketones is 1. The minimum Gasteiger partial charge on any atom is -0.450 e. The van der Waals surface area contributed by atoms with Crippen LogP contribution in [-0.4, -0.2) is 22.8 Å². The fourth-order valence-corrected chi connectivity index (χ4v) is 3.62. The molecule has 0 saturated carbocycles. The zero-order chi connectivity index (χ0) is 21.8. The molecule has 1 atom stereocenters. The second-order valence-corrected chi connectivity index (χ2v) is 7.42. The van der Waals surface area contributed by atoms with Gasteiger partial charge >= 0.3 is 5.97 Å². The highest BCUT2D eigenvalue weighted by atomic mass is 16.5. The van der Waals surface area contributed by atoms with Crippen molar-refractivity contribution < 1.29 is 14.3 Å². The number of pyridine rings is 1. The molecule has 154 valence electrons. The van der Waals surface area contributed by atoms with Crippen molar-refractivity contribution in [1.29, 1.82) is 0 Å². The summed E-state index contributed by atoms with van der Waals surface area (Å²) < 4.78 is 5.72. The number of carbonyl (C=O) groups is 2. The molecule has 0 N–H and O–H groups in total. The van der Waals surface area contributed by atoms with E-state index < -0.39 is 12.1 Å². The molecule has 3 aromatic carbocycles. The quantitative estimate of drug-likeness (QED) is 0.288. The molecule has 0 unspecified atom stereocenters. The number of ether oxygens (including phenoxy) is 1. The van der Waals surface area contributed by atoms with Crippen LogP contribution in [-0.2, 0) is 4.74 Å². The van der Waals surface area contributed by atoms with Gasteiger partial charge < -0.3 is 4.74 Å². The molecule has 0 aliphatic heterocycles. The summed E-state index contributed by atoms with van der Waals surface area (Å²) >= 11 is 0. The summed E-state index contributed by atoms with van der Waals surface area (Å²) in [5.74, 6) is -0.722. The molecule has 0 bridgehead atoms. The first-order valence-electron chi connectivity index (χ1n) is 10.3. The average Bonchev–Trinajstić information content (AvgIpc) is 2.82. The van der Waals surface area contributed by atoms with E-state index in [2.05, 4.69) is 0 Å². The van der Waals surface area contributed by atoms with Crippen LogP contribution < -0.4 is 0 Å². The number of benzene rings is 3. The second-order valence-electron chi connectivity index (χ2n) is 7.42. The molecule has 4 nitrogen and oxygen atoms in total. The molecule has 0 fully saturated rings. The summed E-state index contributed by atoms with van der Waals surface area (Å²) in [5.41, 5.74) is 4.26. The highest BCUT2D eigenvalue weighted by Gasteiger charge is 2.25. The first kappa shape index (κ1) is 20.5. The van der Waals surface area contributed by atoms with Gasteiger partial charge in [-0.3, -0.25) is 4.79 Å². The Kier molecular flexibility index (Phi) is 5.89. The number of aryl methyl sites for hydroxylation is 1. The molecular weight excluding hydrogens is 386 g/mol. The summed E-state index contributed by atoms with van der Waals surface area (Å²) in [5, 5.41) is 0.715. The monoisotopic (exact) mass is 409 g/mol. The van der Waals surface area contributed by atoms with E-state index in [-0.39, 0.29) is 5.78 Å². The molecule has 4 rings (SSSR count). The molecule has 0 radical (unpaired) electrons. The van der Waals surface area contributed by atoms with Gasteiger partial charge in [-0.1, -0.05) is 85.8 Å². The molecule has 4 heteroatoms. The van der Waals surface area contributed by atoms with Gasteiger partial charge in [0.1, 0.15) is 0 Å².